The molecule has 0 bridgehead atoms. The number of piperazine rings is 1. The summed E-state index contributed by atoms with van der Waals surface area (Å²) in [5, 5.41) is 20.0. The average Bonchev–Trinajstić information content (AvgIpc) is 2.69. The zero-order chi connectivity index (χ0) is 19.9. The quantitative estimate of drug-likeness (QED) is 0.728. The van der Waals surface area contributed by atoms with Gasteiger partial charge >= 0.3 is 0 Å². The minimum atomic E-state index is -0.190. The summed E-state index contributed by atoms with van der Waals surface area (Å²) in [4.78, 5) is 4.50. The maximum atomic E-state index is 14.0. The second-order valence-electron chi connectivity index (χ2n) is 7.16. The molecule has 5 nitrogen and oxygen atoms in total. The van der Waals surface area contributed by atoms with Gasteiger partial charge in [-0.05, 0) is 25.5 Å². The highest BCUT2D eigenvalue weighted by atomic mass is 19.1. The van der Waals surface area contributed by atoms with Gasteiger partial charge in [-0.3, -0.25) is 9.80 Å². The Bertz CT molecular complexity index is 771. The van der Waals surface area contributed by atoms with Crippen LogP contribution in [-0.4, -0.2) is 58.9 Å². The van der Waals surface area contributed by atoms with Crippen LogP contribution in [0.25, 0.3) is 0 Å². The third kappa shape index (κ3) is 5.01. The Morgan fingerprint density at radius 1 is 1.07 bits per heavy atom. The van der Waals surface area contributed by atoms with E-state index in [4.69, 9.17) is 4.74 Å². The first-order valence-corrected chi connectivity index (χ1v) is 9.86. The van der Waals surface area contributed by atoms with Crippen molar-refractivity contribution >= 4 is 0 Å². The molecule has 1 saturated heterocycles. The molecular weight excluding hydrogens is 359 g/mol. The third-order valence-electron chi connectivity index (χ3n) is 5.26. The van der Waals surface area contributed by atoms with E-state index >= 15 is 0 Å². The molecule has 2 aromatic carbocycles. The highest BCUT2D eigenvalue weighted by Gasteiger charge is 2.27. The van der Waals surface area contributed by atoms with Gasteiger partial charge in [-0.1, -0.05) is 30.3 Å². The lowest BCUT2D eigenvalue weighted by atomic mass is 10.1. The second-order valence-corrected chi connectivity index (χ2v) is 7.16. The Morgan fingerprint density at radius 2 is 1.86 bits per heavy atom. The van der Waals surface area contributed by atoms with Gasteiger partial charge in [0.05, 0.1) is 6.61 Å². The van der Waals surface area contributed by atoms with Gasteiger partial charge < -0.3 is 14.9 Å². The molecule has 1 fully saturated rings. The molecule has 0 saturated carbocycles. The van der Waals surface area contributed by atoms with Crippen LogP contribution in [-0.2, 0) is 13.1 Å². The summed E-state index contributed by atoms with van der Waals surface area (Å²) in [7, 11) is 0. The van der Waals surface area contributed by atoms with E-state index in [1.165, 1.54) is 6.07 Å². The molecule has 0 spiro atoms. The van der Waals surface area contributed by atoms with E-state index in [1.54, 1.807) is 12.1 Å². The molecule has 2 aromatic rings. The number of hydrogen-bond donors (Lipinski definition) is 2. The summed E-state index contributed by atoms with van der Waals surface area (Å²) < 4.78 is 19.5. The predicted molar refractivity (Wildman–Crippen MR) is 107 cm³/mol. The molecule has 0 amide bonds. The summed E-state index contributed by atoms with van der Waals surface area (Å²) in [5.74, 6) is 0.507. The molecule has 152 valence electrons. The molecule has 1 atom stereocenters. The Balaban J connectivity index is 1.67. The van der Waals surface area contributed by atoms with E-state index < -0.39 is 0 Å². The normalized spacial score (nSPS) is 18.3. The van der Waals surface area contributed by atoms with Crippen LogP contribution in [0.1, 0.15) is 24.5 Å². The van der Waals surface area contributed by atoms with Gasteiger partial charge in [-0.2, -0.15) is 0 Å². The van der Waals surface area contributed by atoms with Crippen LogP contribution < -0.4 is 4.74 Å². The molecular formula is C22H29FN2O3. The predicted octanol–water partition coefficient (Wildman–Crippen LogP) is 3.00. The molecule has 1 aliphatic heterocycles. The molecule has 1 unspecified atom stereocenters. The molecule has 1 heterocycles. The summed E-state index contributed by atoms with van der Waals surface area (Å²) >= 11 is 0. The summed E-state index contributed by atoms with van der Waals surface area (Å²) in [6.07, 6.45) is 0.635. The summed E-state index contributed by atoms with van der Waals surface area (Å²) in [6.45, 7) is 5.99. The molecule has 2 N–H and O–H groups in total. The standard InChI is InChI=1S/C22H29FN2O3/c1-2-28-21-9-5-7-18(22(21)27)14-24-11-12-25(19(16-24)10-13-26)15-17-6-3-4-8-20(17)23/h3-9,19,26-27H,2,10-16H2,1H3. The zero-order valence-corrected chi connectivity index (χ0v) is 16.4. The molecule has 1 aliphatic rings. The minimum Gasteiger partial charge on any atom is -0.504 e. The largest absolute Gasteiger partial charge is 0.504 e. The van der Waals surface area contributed by atoms with Gasteiger partial charge in [-0.25, -0.2) is 4.39 Å². The van der Waals surface area contributed by atoms with Gasteiger partial charge in [0.2, 0.25) is 0 Å². The van der Waals surface area contributed by atoms with Crippen molar-refractivity contribution in [2.24, 2.45) is 0 Å². The van der Waals surface area contributed by atoms with Gasteiger partial charge in [0.25, 0.3) is 0 Å². The lowest BCUT2D eigenvalue weighted by Crippen LogP contribution is -2.52. The number of benzene rings is 2. The molecule has 0 radical (unpaired) electrons. The van der Waals surface area contributed by atoms with E-state index in [1.807, 2.05) is 31.2 Å². The smallest absolute Gasteiger partial charge is 0.162 e. The number of phenols is 1. The fourth-order valence-corrected chi connectivity index (χ4v) is 3.79. The molecule has 28 heavy (non-hydrogen) atoms. The molecule has 0 aromatic heterocycles. The number of rotatable bonds is 8. The van der Waals surface area contributed by atoms with Crippen molar-refractivity contribution in [3.63, 3.8) is 0 Å². The third-order valence-corrected chi connectivity index (χ3v) is 5.26. The fourth-order valence-electron chi connectivity index (χ4n) is 3.79. The number of ether oxygens (including phenoxy) is 1. The van der Waals surface area contributed by atoms with Crippen LogP contribution in [0.4, 0.5) is 4.39 Å². The van der Waals surface area contributed by atoms with Crippen molar-refractivity contribution in [3.05, 3.63) is 59.4 Å². The van der Waals surface area contributed by atoms with E-state index in [2.05, 4.69) is 9.80 Å². The first-order valence-electron chi connectivity index (χ1n) is 9.86. The topological polar surface area (TPSA) is 56.2 Å². The Morgan fingerprint density at radius 3 is 2.61 bits per heavy atom. The number of aliphatic hydroxyl groups excluding tert-OH is 1. The van der Waals surface area contributed by atoms with Crippen LogP contribution in [0.5, 0.6) is 11.5 Å². The fraction of sp³-hybridized carbons (Fsp3) is 0.455. The Kier molecular flexibility index (Phi) is 7.25. The van der Waals surface area contributed by atoms with Crippen LogP contribution in [0.2, 0.25) is 0 Å². The Hall–Kier alpha value is -2.15. The SMILES string of the molecule is CCOc1cccc(CN2CCN(Cc3ccccc3F)C(CCO)C2)c1O. The highest BCUT2D eigenvalue weighted by molar-refractivity contribution is 5.45. The lowest BCUT2D eigenvalue weighted by molar-refractivity contribution is 0.0489. The van der Waals surface area contributed by atoms with Gasteiger partial charge in [0, 0.05) is 56.5 Å². The van der Waals surface area contributed by atoms with Gasteiger partial charge in [0.1, 0.15) is 5.82 Å². The molecule has 6 heteroatoms. The van der Waals surface area contributed by atoms with Crippen LogP contribution >= 0.6 is 0 Å². The van der Waals surface area contributed by atoms with E-state index in [0.29, 0.717) is 37.4 Å². The molecule has 3 rings (SSSR count). The number of aromatic hydroxyl groups is 1. The van der Waals surface area contributed by atoms with Gasteiger partial charge in [0.15, 0.2) is 11.5 Å². The second kappa shape index (κ2) is 9.87. The monoisotopic (exact) mass is 388 g/mol. The van der Waals surface area contributed by atoms with Crippen LogP contribution in [0.15, 0.2) is 42.5 Å². The first kappa shape index (κ1) is 20.6. The lowest BCUT2D eigenvalue weighted by Gasteiger charge is -2.41. The van der Waals surface area contributed by atoms with Crippen LogP contribution in [0.3, 0.4) is 0 Å². The average molecular weight is 388 g/mol. The van der Waals surface area contributed by atoms with E-state index in [0.717, 1.165) is 25.2 Å². The van der Waals surface area contributed by atoms with Crippen molar-refractivity contribution < 1.29 is 19.3 Å². The first-order chi connectivity index (χ1) is 13.6. The number of para-hydroxylation sites is 1. The minimum absolute atomic E-state index is 0.0946. The zero-order valence-electron chi connectivity index (χ0n) is 16.4. The molecule has 0 aliphatic carbocycles. The van der Waals surface area contributed by atoms with E-state index in [-0.39, 0.29) is 24.2 Å². The van der Waals surface area contributed by atoms with Crippen molar-refractivity contribution in [1.29, 1.82) is 0 Å². The number of phenolic OH excluding ortho intramolecular Hbond substituents is 1. The van der Waals surface area contributed by atoms with Crippen molar-refractivity contribution in [3.8, 4) is 11.5 Å². The van der Waals surface area contributed by atoms with Gasteiger partial charge in [-0.15, -0.1) is 0 Å². The number of hydrogen-bond acceptors (Lipinski definition) is 5. The number of halogens is 1. The number of nitrogens with zero attached hydrogens (tertiary/aromatic N) is 2. The van der Waals surface area contributed by atoms with Crippen molar-refractivity contribution in [2.75, 3.05) is 32.8 Å². The maximum Gasteiger partial charge on any atom is 0.162 e. The summed E-state index contributed by atoms with van der Waals surface area (Å²) in [5.41, 5.74) is 1.51. The highest BCUT2D eigenvalue weighted by Crippen LogP contribution is 2.31. The Labute approximate surface area is 166 Å². The van der Waals surface area contributed by atoms with Crippen molar-refractivity contribution in [2.45, 2.75) is 32.5 Å². The maximum absolute atomic E-state index is 14.0. The van der Waals surface area contributed by atoms with Crippen LogP contribution in [0, 0.1) is 5.82 Å². The van der Waals surface area contributed by atoms with Crippen molar-refractivity contribution in [1.82, 2.24) is 9.80 Å². The summed E-state index contributed by atoms with van der Waals surface area (Å²) in [6, 6.07) is 12.5. The van der Waals surface area contributed by atoms with E-state index in [9.17, 15) is 14.6 Å². The number of aliphatic hydroxyl groups is 1.